The van der Waals surface area contributed by atoms with Crippen molar-refractivity contribution in [3.8, 4) is 5.75 Å². The number of aromatic amines is 1. The third-order valence-corrected chi connectivity index (χ3v) is 5.86. The highest BCUT2D eigenvalue weighted by Crippen LogP contribution is 2.35. The van der Waals surface area contributed by atoms with Crippen molar-refractivity contribution in [3.05, 3.63) is 87.0 Å². The summed E-state index contributed by atoms with van der Waals surface area (Å²) in [6, 6.07) is 13.5. The largest absolute Gasteiger partial charge is 0.487 e. The van der Waals surface area contributed by atoms with Crippen LogP contribution in [0.1, 0.15) is 29.9 Å². The van der Waals surface area contributed by atoms with Gasteiger partial charge in [-0.05, 0) is 18.4 Å². The van der Waals surface area contributed by atoms with Crippen LogP contribution in [0.15, 0.2) is 64.4 Å². The molecule has 10 nitrogen and oxygen atoms in total. The van der Waals surface area contributed by atoms with Gasteiger partial charge in [0.15, 0.2) is 0 Å². The van der Waals surface area contributed by atoms with Crippen molar-refractivity contribution in [2.75, 3.05) is 6.61 Å². The zero-order chi connectivity index (χ0) is 22.9. The maximum atomic E-state index is 12.2. The van der Waals surface area contributed by atoms with Gasteiger partial charge >= 0.3 is 5.69 Å². The van der Waals surface area contributed by atoms with Crippen molar-refractivity contribution in [2.45, 2.75) is 38.3 Å². The van der Waals surface area contributed by atoms with E-state index in [0.29, 0.717) is 17.7 Å². The molecule has 0 bridgehead atoms. The molecule has 1 aliphatic heterocycles. The number of benzene rings is 2. The lowest BCUT2D eigenvalue weighted by Gasteiger charge is -2.15. The van der Waals surface area contributed by atoms with Crippen LogP contribution in [0.3, 0.4) is 0 Å². The van der Waals surface area contributed by atoms with Gasteiger partial charge in [-0.3, -0.25) is 14.3 Å². The highest BCUT2D eigenvalue weighted by atomic mass is 16.5. The molecule has 0 radical (unpaired) electrons. The second kappa shape index (κ2) is 8.64. The van der Waals surface area contributed by atoms with Crippen LogP contribution in [0.25, 0.3) is 10.8 Å². The number of fused-ring (bicyclic) bond motifs is 1. The Morgan fingerprint density at radius 3 is 2.85 bits per heavy atom. The minimum Gasteiger partial charge on any atom is -0.487 e. The standard InChI is InChI=1S/C23H23N5O5/c1-14-10-27(23(31)24-22(14)30)21-9-18(20(12-29)33-21)28-11-16(25-26-28)13-32-19-8-4-6-15-5-2-3-7-17(15)19/h2-8,10-11,18,20-21,29H,9,12-13H2,1H3,(H,24,30,31)/t18-,20+,21+/m0/s1. The molecular formula is C23H23N5O5. The number of nitrogens with one attached hydrogen (secondary N) is 1. The summed E-state index contributed by atoms with van der Waals surface area (Å²) in [5.41, 5.74) is 0.0308. The van der Waals surface area contributed by atoms with Gasteiger partial charge in [0, 0.05) is 23.6 Å². The molecule has 4 aromatic rings. The Morgan fingerprint density at radius 1 is 1.18 bits per heavy atom. The van der Waals surface area contributed by atoms with Crippen LogP contribution in [-0.2, 0) is 11.3 Å². The van der Waals surface area contributed by atoms with E-state index >= 15 is 0 Å². The molecule has 0 amide bonds. The zero-order valence-electron chi connectivity index (χ0n) is 17.9. The third-order valence-electron chi connectivity index (χ3n) is 5.86. The molecule has 10 heteroatoms. The summed E-state index contributed by atoms with van der Waals surface area (Å²) in [6.45, 7) is 1.59. The molecule has 0 spiro atoms. The van der Waals surface area contributed by atoms with Gasteiger partial charge in [-0.25, -0.2) is 9.48 Å². The van der Waals surface area contributed by atoms with E-state index in [-0.39, 0.29) is 19.3 Å². The number of aliphatic hydroxyl groups is 1. The van der Waals surface area contributed by atoms with E-state index in [9.17, 15) is 14.7 Å². The lowest BCUT2D eigenvalue weighted by Crippen LogP contribution is -2.33. The summed E-state index contributed by atoms with van der Waals surface area (Å²) >= 11 is 0. The Bertz CT molecular complexity index is 1400. The molecule has 1 fully saturated rings. The number of hydrogen-bond donors (Lipinski definition) is 2. The Labute approximate surface area is 188 Å². The lowest BCUT2D eigenvalue weighted by atomic mass is 10.1. The average molecular weight is 449 g/mol. The van der Waals surface area contributed by atoms with Crippen LogP contribution in [0.2, 0.25) is 0 Å². The number of aromatic nitrogens is 5. The first kappa shape index (κ1) is 21.1. The predicted octanol–water partition coefficient (Wildman–Crippen LogP) is 1.69. The van der Waals surface area contributed by atoms with E-state index in [1.165, 1.54) is 10.8 Å². The topological polar surface area (TPSA) is 124 Å². The van der Waals surface area contributed by atoms with Crippen LogP contribution in [0, 0.1) is 6.92 Å². The lowest BCUT2D eigenvalue weighted by molar-refractivity contribution is -0.0323. The Balaban J connectivity index is 1.33. The summed E-state index contributed by atoms with van der Waals surface area (Å²) in [5.74, 6) is 0.757. The fraction of sp³-hybridized carbons (Fsp3) is 0.304. The summed E-state index contributed by atoms with van der Waals surface area (Å²) in [5, 5.41) is 20.3. The van der Waals surface area contributed by atoms with E-state index in [2.05, 4.69) is 15.3 Å². The van der Waals surface area contributed by atoms with Gasteiger partial charge in [0.2, 0.25) is 0 Å². The first-order chi connectivity index (χ1) is 16.0. The fourth-order valence-electron chi connectivity index (χ4n) is 4.14. The number of rotatable bonds is 6. The maximum absolute atomic E-state index is 12.2. The molecule has 0 unspecified atom stereocenters. The minimum absolute atomic E-state index is 0.230. The molecule has 2 aromatic carbocycles. The van der Waals surface area contributed by atoms with Gasteiger partial charge in [0.25, 0.3) is 5.56 Å². The first-order valence-corrected chi connectivity index (χ1v) is 10.6. The highest BCUT2D eigenvalue weighted by molar-refractivity contribution is 5.88. The highest BCUT2D eigenvalue weighted by Gasteiger charge is 2.38. The monoisotopic (exact) mass is 449 g/mol. The Kier molecular flexibility index (Phi) is 5.53. The molecule has 2 N–H and O–H groups in total. The smallest absolute Gasteiger partial charge is 0.330 e. The van der Waals surface area contributed by atoms with Crippen molar-refractivity contribution in [1.82, 2.24) is 24.5 Å². The Morgan fingerprint density at radius 2 is 2.00 bits per heavy atom. The Hall–Kier alpha value is -3.76. The van der Waals surface area contributed by atoms with Crippen molar-refractivity contribution in [3.63, 3.8) is 0 Å². The van der Waals surface area contributed by atoms with E-state index in [4.69, 9.17) is 9.47 Å². The molecule has 33 heavy (non-hydrogen) atoms. The van der Waals surface area contributed by atoms with Gasteiger partial charge in [-0.1, -0.05) is 41.6 Å². The van der Waals surface area contributed by atoms with E-state index in [1.54, 1.807) is 17.8 Å². The molecule has 170 valence electrons. The SMILES string of the molecule is Cc1cn([C@H]2C[C@H](n3cc(COc4cccc5ccccc45)nn3)[C@@H](CO)O2)c(=O)[nH]c1=O. The first-order valence-electron chi connectivity index (χ1n) is 10.6. The van der Waals surface area contributed by atoms with Crippen LogP contribution >= 0.6 is 0 Å². The average Bonchev–Trinajstić information content (AvgIpc) is 3.47. The maximum Gasteiger partial charge on any atom is 0.330 e. The van der Waals surface area contributed by atoms with E-state index in [0.717, 1.165) is 16.5 Å². The van der Waals surface area contributed by atoms with Gasteiger partial charge in [-0.2, -0.15) is 0 Å². The molecule has 0 aliphatic carbocycles. The number of aryl methyl sites for hydroxylation is 1. The van der Waals surface area contributed by atoms with Crippen molar-refractivity contribution >= 4 is 10.8 Å². The predicted molar refractivity (Wildman–Crippen MR) is 119 cm³/mol. The van der Waals surface area contributed by atoms with Gasteiger partial charge in [0.05, 0.1) is 18.8 Å². The number of aliphatic hydroxyl groups excluding tert-OH is 1. The summed E-state index contributed by atoms with van der Waals surface area (Å²) < 4.78 is 14.9. The second-order valence-corrected chi connectivity index (χ2v) is 8.05. The quantitative estimate of drug-likeness (QED) is 0.459. The molecular weight excluding hydrogens is 426 g/mol. The fourth-order valence-corrected chi connectivity index (χ4v) is 4.14. The van der Waals surface area contributed by atoms with Gasteiger partial charge in [0.1, 0.15) is 30.4 Å². The molecule has 2 aromatic heterocycles. The number of nitrogens with zero attached hydrogens (tertiary/aromatic N) is 4. The minimum atomic E-state index is -0.644. The van der Waals surface area contributed by atoms with Crippen LogP contribution in [0.4, 0.5) is 0 Å². The molecule has 3 heterocycles. The normalized spacial score (nSPS) is 20.4. The number of H-pyrrole nitrogens is 1. The third kappa shape index (κ3) is 4.06. The molecule has 3 atom stereocenters. The second-order valence-electron chi connectivity index (χ2n) is 8.05. The van der Waals surface area contributed by atoms with Crippen LogP contribution in [0.5, 0.6) is 5.75 Å². The molecule has 0 saturated carbocycles. The van der Waals surface area contributed by atoms with Crippen molar-refractivity contribution < 1.29 is 14.6 Å². The van der Waals surface area contributed by atoms with Crippen molar-refractivity contribution in [2.24, 2.45) is 0 Å². The molecule has 1 saturated heterocycles. The van der Waals surface area contributed by atoms with Crippen LogP contribution < -0.4 is 16.0 Å². The number of ether oxygens (including phenoxy) is 2. The summed E-state index contributed by atoms with van der Waals surface area (Å²) in [6.07, 6.45) is 2.37. The molecule has 5 rings (SSSR count). The van der Waals surface area contributed by atoms with E-state index in [1.807, 2.05) is 42.5 Å². The van der Waals surface area contributed by atoms with Crippen molar-refractivity contribution in [1.29, 1.82) is 0 Å². The number of hydrogen-bond acceptors (Lipinski definition) is 7. The zero-order valence-corrected chi connectivity index (χ0v) is 17.9. The van der Waals surface area contributed by atoms with Gasteiger partial charge in [-0.15, -0.1) is 5.10 Å². The van der Waals surface area contributed by atoms with Crippen LogP contribution in [-0.4, -0.2) is 42.4 Å². The summed E-state index contributed by atoms with van der Waals surface area (Å²) in [4.78, 5) is 26.2. The summed E-state index contributed by atoms with van der Waals surface area (Å²) in [7, 11) is 0. The van der Waals surface area contributed by atoms with E-state index < -0.39 is 23.6 Å². The molecule has 1 aliphatic rings. The van der Waals surface area contributed by atoms with Gasteiger partial charge < -0.3 is 14.6 Å².